The normalized spacial score (nSPS) is 12.2. The van der Waals surface area contributed by atoms with Crippen LogP contribution in [-0.4, -0.2) is 10.0 Å². The van der Waals surface area contributed by atoms with Crippen molar-refractivity contribution in [1.29, 1.82) is 0 Å². The number of hydrogen-bond acceptors (Lipinski definition) is 4. The molecule has 4 nitrogen and oxygen atoms in total. The lowest BCUT2D eigenvalue weighted by Crippen LogP contribution is -1.96. The molecule has 7 heteroatoms. The molecule has 0 aliphatic carbocycles. The van der Waals surface area contributed by atoms with Crippen molar-refractivity contribution in [2.75, 3.05) is 0 Å². The van der Waals surface area contributed by atoms with Gasteiger partial charge in [-0.1, -0.05) is 41.0 Å². The highest BCUT2D eigenvalue weighted by Crippen LogP contribution is 2.38. The molecule has 0 heterocycles. The van der Waals surface area contributed by atoms with Gasteiger partial charge in [0, 0.05) is 11.0 Å². The largest absolute Gasteiger partial charge is 0.389 e. The number of hydrogen-bond donors (Lipinski definition) is 1. The Morgan fingerprint density at radius 1 is 1.19 bits per heavy atom. The van der Waals surface area contributed by atoms with Gasteiger partial charge in [0.05, 0.1) is 26.0 Å². The predicted molar refractivity (Wildman–Crippen MR) is 84.3 cm³/mol. The third-order valence-electron chi connectivity index (χ3n) is 2.78. The molecule has 0 unspecified atom stereocenters. The predicted octanol–water partition coefficient (Wildman–Crippen LogP) is 5.11. The van der Waals surface area contributed by atoms with E-state index in [4.69, 9.17) is 23.2 Å². The zero-order valence-electron chi connectivity index (χ0n) is 10.9. The third kappa shape index (κ3) is 3.89. The summed E-state index contributed by atoms with van der Waals surface area (Å²) in [6, 6.07) is 9.70. The zero-order valence-corrected chi connectivity index (χ0v) is 13.2. The number of aliphatic hydroxyl groups excluding tert-OH is 1. The standard InChI is InChI=1S/C14H11Cl2NO3S/c1-8(18)9-2-5-14(13(6-9)17(19)20)21-10-3-4-11(15)12(16)7-10/h2-8,18H,1H3/t8-/m0/s1. The first-order valence-electron chi connectivity index (χ1n) is 5.98. The summed E-state index contributed by atoms with van der Waals surface area (Å²) < 4.78 is 0. The third-order valence-corrected chi connectivity index (χ3v) is 4.57. The molecule has 0 bridgehead atoms. The van der Waals surface area contributed by atoms with E-state index in [1.807, 2.05) is 0 Å². The summed E-state index contributed by atoms with van der Waals surface area (Å²) in [5, 5.41) is 21.5. The summed E-state index contributed by atoms with van der Waals surface area (Å²) in [4.78, 5) is 11.9. The van der Waals surface area contributed by atoms with Crippen molar-refractivity contribution < 1.29 is 10.0 Å². The average Bonchev–Trinajstić information content (AvgIpc) is 2.43. The fourth-order valence-electron chi connectivity index (χ4n) is 1.69. The van der Waals surface area contributed by atoms with Crippen LogP contribution < -0.4 is 0 Å². The molecule has 21 heavy (non-hydrogen) atoms. The molecule has 0 amide bonds. The highest BCUT2D eigenvalue weighted by molar-refractivity contribution is 7.99. The molecule has 2 aromatic carbocycles. The molecular formula is C14H11Cl2NO3S. The van der Waals surface area contributed by atoms with Crippen LogP contribution in [0.2, 0.25) is 10.0 Å². The van der Waals surface area contributed by atoms with Gasteiger partial charge in [0.15, 0.2) is 0 Å². The molecule has 1 atom stereocenters. The number of nitrogens with zero attached hydrogens (tertiary/aromatic N) is 1. The van der Waals surface area contributed by atoms with Crippen LogP contribution in [-0.2, 0) is 0 Å². The maximum absolute atomic E-state index is 11.2. The minimum atomic E-state index is -0.757. The van der Waals surface area contributed by atoms with Crippen LogP contribution >= 0.6 is 35.0 Å². The van der Waals surface area contributed by atoms with Gasteiger partial charge in [-0.3, -0.25) is 10.1 Å². The Balaban J connectivity index is 2.39. The molecule has 0 aromatic heterocycles. The summed E-state index contributed by atoms with van der Waals surface area (Å²) in [5.41, 5.74) is 0.449. The van der Waals surface area contributed by atoms with Gasteiger partial charge in [0.2, 0.25) is 0 Å². The Hall–Kier alpha value is -1.27. The molecule has 0 radical (unpaired) electrons. The Morgan fingerprint density at radius 3 is 2.48 bits per heavy atom. The van der Waals surface area contributed by atoms with Crippen molar-refractivity contribution in [3.63, 3.8) is 0 Å². The van der Waals surface area contributed by atoms with Gasteiger partial charge < -0.3 is 5.11 Å². The second-order valence-corrected chi connectivity index (χ2v) is 6.27. The Kier molecular flexibility index (Phi) is 5.11. The van der Waals surface area contributed by atoms with E-state index in [0.29, 0.717) is 20.5 Å². The molecule has 2 aromatic rings. The molecule has 110 valence electrons. The van der Waals surface area contributed by atoms with E-state index < -0.39 is 11.0 Å². The molecule has 0 fully saturated rings. The van der Waals surface area contributed by atoms with E-state index in [2.05, 4.69) is 0 Å². The van der Waals surface area contributed by atoms with E-state index in [-0.39, 0.29) is 5.69 Å². The summed E-state index contributed by atoms with van der Waals surface area (Å²) in [7, 11) is 0. The second kappa shape index (κ2) is 6.66. The van der Waals surface area contributed by atoms with E-state index in [9.17, 15) is 15.2 Å². The minimum absolute atomic E-state index is 0.0514. The SMILES string of the molecule is C[C@H](O)c1ccc(Sc2ccc(Cl)c(Cl)c2)c([N+](=O)[O-])c1. The Bertz CT molecular complexity index is 692. The fraction of sp³-hybridized carbons (Fsp3) is 0.143. The number of rotatable bonds is 4. The lowest BCUT2D eigenvalue weighted by atomic mass is 10.1. The van der Waals surface area contributed by atoms with E-state index in [0.717, 1.165) is 4.90 Å². The molecule has 0 saturated carbocycles. The van der Waals surface area contributed by atoms with Gasteiger partial charge >= 0.3 is 0 Å². The van der Waals surface area contributed by atoms with Crippen molar-refractivity contribution >= 4 is 40.7 Å². The lowest BCUT2D eigenvalue weighted by molar-refractivity contribution is -0.387. The molecule has 1 N–H and O–H groups in total. The van der Waals surface area contributed by atoms with Gasteiger partial charge in [-0.15, -0.1) is 0 Å². The molecule has 0 aliphatic heterocycles. The van der Waals surface area contributed by atoms with Crippen molar-refractivity contribution in [3.8, 4) is 0 Å². The average molecular weight is 344 g/mol. The quantitative estimate of drug-likeness (QED) is 0.619. The zero-order chi connectivity index (χ0) is 15.6. The van der Waals surface area contributed by atoms with Crippen molar-refractivity contribution in [3.05, 3.63) is 62.1 Å². The lowest BCUT2D eigenvalue weighted by Gasteiger charge is -2.08. The summed E-state index contributed by atoms with van der Waals surface area (Å²) in [6.45, 7) is 1.56. The van der Waals surface area contributed by atoms with Crippen LogP contribution in [0.1, 0.15) is 18.6 Å². The van der Waals surface area contributed by atoms with Gasteiger partial charge in [-0.25, -0.2) is 0 Å². The van der Waals surface area contributed by atoms with Gasteiger partial charge in [0.25, 0.3) is 5.69 Å². The van der Waals surface area contributed by atoms with E-state index in [1.54, 1.807) is 37.3 Å². The Morgan fingerprint density at radius 2 is 1.90 bits per heavy atom. The van der Waals surface area contributed by atoms with Crippen molar-refractivity contribution in [2.45, 2.75) is 22.8 Å². The van der Waals surface area contributed by atoms with Crippen LogP contribution in [0.4, 0.5) is 5.69 Å². The molecule has 0 saturated heterocycles. The van der Waals surface area contributed by atoms with Crippen LogP contribution in [0.25, 0.3) is 0 Å². The summed E-state index contributed by atoms with van der Waals surface area (Å²) in [6.07, 6.45) is -0.757. The highest BCUT2D eigenvalue weighted by Gasteiger charge is 2.17. The molecule has 0 spiro atoms. The molecule has 0 aliphatic rings. The van der Waals surface area contributed by atoms with Gasteiger partial charge in [-0.05, 0) is 36.8 Å². The van der Waals surface area contributed by atoms with Crippen LogP contribution in [0.5, 0.6) is 0 Å². The van der Waals surface area contributed by atoms with Crippen LogP contribution in [0, 0.1) is 10.1 Å². The van der Waals surface area contributed by atoms with E-state index >= 15 is 0 Å². The summed E-state index contributed by atoms with van der Waals surface area (Å²) >= 11 is 13.0. The van der Waals surface area contributed by atoms with Crippen LogP contribution in [0.15, 0.2) is 46.2 Å². The number of aliphatic hydroxyl groups is 1. The second-order valence-electron chi connectivity index (χ2n) is 4.34. The minimum Gasteiger partial charge on any atom is -0.389 e. The summed E-state index contributed by atoms with van der Waals surface area (Å²) in [5.74, 6) is 0. The molecular weight excluding hydrogens is 333 g/mol. The van der Waals surface area contributed by atoms with Crippen molar-refractivity contribution in [2.24, 2.45) is 0 Å². The van der Waals surface area contributed by atoms with Crippen LogP contribution in [0.3, 0.4) is 0 Å². The number of halogens is 2. The highest BCUT2D eigenvalue weighted by atomic mass is 35.5. The number of benzene rings is 2. The first-order chi connectivity index (χ1) is 9.88. The van der Waals surface area contributed by atoms with Gasteiger partial charge in [-0.2, -0.15) is 0 Å². The first kappa shape index (κ1) is 16.1. The van der Waals surface area contributed by atoms with Crippen molar-refractivity contribution in [1.82, 2.24) is 0 Å². The fourth-order valence-corrected chi connectivity index (χ4v) is 2.99. The van der Waals surface area contributed by atoms with E-state index in [1.165, 1.54) is 17.8 Å². The first-order valence-corrected chi connectivity index (χ1v) is 7.55. The monoisotopic (exact) mass is 343 g/mol. The smallest absolute Gasteiger partial charge is 0.283 e. The Labute approximate surface area is 135 Å². The van der Waals surface area contributed by atoms with Gasteiger partial charge in [0.1, 0.15) is 0 Å². The molecule has 2 rings (SSSR count). The maximum atomic E-state index is 11.2. The topological polar surface area (TPSA) is 63.4 Å². The number of nitro groups is 1. The maximum Gasteiger partial charge on any atom is 0.283 e. The number of nitro benzene ring substituents is 1.